The van der Waals surface area contributed by atoms with Crippen LogP contribution in [0.4, 0.5) is 4.39 Å². The van der Waals surface area contributed by atoms with Crippen molar-refractivity contribution in [3.8, 4) is 0 Å². The first kappa shape index (κ1) is 10.6. The van der Waals surface area contributed by atoms with Crippen molar-refractivity contribution in [3.63, 3.8) is 0 Å². The van der Waals surface area contributed by atoms with E-state index < -0.39 is 0 Å². The quantitative estimate of drug-likeness (QED) is 0.818. The second-order valence-electron chi connectivity index (χ2n) is 4.44. The molecule has 0 amide bonds. The third kappa shape index (κ3) is 1.89. The van der Waals surface area contributed by atoms with E-state index in [4.69, 9.17) is 0 Å². The van der Waals surface area contributed by atoms with Gasteiger partial charge in [0.05, 0.1) is 5.52 Å². The molecule has 1 aliphatic rings. The largest absolute Gasteiger partial charge is 0.317 e. The Hall–Kier alpha value is -1.55. The van der Waals surface area contributed by atoms with Crippen LogP contribution >= 0.6 is 0 Å². The van der Waals surface area contributed by atoms with E-state index in [9.17, 15) is 4.39 Å². The van der Waals surface area contributed by atoms with E-state index in [1.807, 2.05) is 12.1 Å². The van der Waals surface area contributed by atoms with Crippen molar-refractivity contribution < 1.29 is 4.39 Å². The lowest BCUT2D eigenvalue weighted by Gasteiger charge is -2.22. The smallest absolute Gasteiger partial charge is 0.156 e. The Morgan fingerprint density at radius 2 is 1.88 bits per heavy atom. The van der Waals surface area contributed by atoms with Crippen LogP contribution in [0, 0.1) is 5.82 Å². The van der Waals surface area contributed by atoms with Gasteiger partial charge in [0.1, 0.15) is 5.69 Å². The molecule has 1 N–H and O–H groups in total. The number of hydrogen-bond donors (Lipinski definition) is 1. The van der Waals surface area contributed by atoms with Crippen molar-refractivity contribution in [1.29, 1.82) is 0 Å². The summed E-state index contributed by atoms with van der Waals surface area (Å²) in [4.78, 5) is 0. The van der Waals surface area contributed by atoms with Gasteiger partial charge in [0.2, 0.25) is 0 Å². The zero-order chi connectivity index (χ0) is 11.7. The number of benzene rings is 1. The molecule has 3 rings (SSSR count). The lowest BCUT2D eigenvalue weighted by Crippen LogP contribution is -2.27. The molecule has 0 atom stereocenters. The van der Waals surface area contributed by atoms with Crippen molar-refractivity contribution in [2.75, 3.05) is 13.1 Å². The minimum Gasteiger partial charge on any atom is -0.317 e. The Kier molecular flexibility index (Phi) is 2.73. The van der Waals surface area contributed by atoms with Crippen LogP contribution < -0.4 is 5.32 Å². The highest BCUT2D eigenvalue weighted by Crippen LogP contribution is 2.28. The number of halogens is 1. The molecule has 17 heavy (non-hydrogen) atoms. The molecule has 2 heterocycles. The van der Waals surface area contributed by atoms with Gasteiger partial charge in [-0.15, -0.1) is 0 Å². The fourth-order valence-electron chi connectivity index (χ4n) is 2.39. The van der Waals surface area contributed by atoms with Crippen molar-refractivity contribution in [1.82, 2.24) is 15.5 Å². The topological polar surface area (TPSA) is 37.8 Å². The molecular formula is C13H14FN3. The van der Waals surface area contributed by atoms with Crippen LogP contribution in [0.2, 0.25) is 0 Å². The zero-order valence-corrected chi connectivity index (χ0v) is 9.49. The molecule has 0 aliphatic carbocycles. The number of nitrogens with zero attached hydrogens (tertiary/aromatic N) is 2. The van der Waals surface area contributed by atoms with Gasteiger partial charge in [0, 0.05) is 11.3 Å². The van der Waals surface area contributed by atoms with Crippen LogP contribution in [0.5, 0.6) is 0 Å². The average molecular weight is 231 g/mol. The number of rotatable bonds is 1. The molecule has 0 radical (unpaired) electrons. The number of aromatic nitrogens is 2. The summed E-state index contributed by atoms with van der Waals surface area (Å²) >= 11 is 0. The molecule has 88 valence electrons. The second-order valence-corrected chi connectivity index (χ2v) is 4.44. The van der Waals surface area contributed by atoms with Crippen LogP contribution in [-0.4, -0.2) is 23.3 Å². The summed E-state index contributed by atoms with van der Waals surface area (Å²) in [7, 11) is 0. The first-order valence-electron chi connectivity index (χ1n) is 5.98. The zero-order valence-electron chi connectivity index (χ0n) is 9.49. The Labute approximate surface area is 99.1 Å². The minimum atomic E-state index is -0.192. The van der Waals surface area contributed by atoms with Crippen molar-refractivity contribution >= 4 is 10.9 Å². The van der Waals surface area contributed by atoms with E-state index in [-0.39, 0.29) is 11.7 Å². The van der Waals surface area contributed by atoms with E-state index in [0.717, 1.165) is 25.9 Å². The third-order valence-electron chi connectivity index (χ3n) is 3.36. The highest BCUT2D eigenvalue weighted by Gasteiger charge is 2.22. The Morgan fingerprint density at radius 3 is 2.71 bits per heavy atom. The first-order chi connectivity index (χ1) is 8.36. The lowest BCUT2D eigenvalue weighted by atomic mass is 9.93. The van der Waals surface area contributed by atoms with Crippen molar-refractivity contribution in [2.24, 2.45) is 0 Å². The highest BCUT2D eigenvalue weighted by atomic mass is 19.1. The maximum Gasteiger partial charge on any atom is 0.156 e. The average Bonchev–Trinajstić information content (AvgIpc) is 2.40. The summed E-state index contributed by atoms with van der Waals surface area (Å²) in [6.07, 6.45) is 1.87. The Morgan fingerprint density at radius 1 is 1.12 bits per heavy atom. The predicted octanol–water partition coefficient (Wildman–Crippen LogP) is 2.24. The molecule has 3 nitrogen and oxygen atoms in total. The molecule has 2 aromatic rings. The molecule has 1 saturated heterocycles. The summed E-state index contributed by atoms with van der Waals surface area (Å²) in [6.45, 7) is 1.86. The van der Waals surface area contributed by atoms with E-state index >= 15 is 0 Å². The van der Waals surface area contributed by atoms with Crippen LogP contribution in [-0.2, 0) is 0 Å². The van der Waals surface area contributed by atoms with Crippen LogP contribution in [0.3, 0.4) is 0 Å². The van der Waals surface area contributed by atoms with E-state index in [2.05, 4.69) is 15.5 Å². The van der Waals surface area contributed by atoms with Crippen molar-refractivity contribution in [3.05, 3.63) is 35.8 Å². The molecule has 1 aromatic heterocycles. The van der Waals surface area contributed by atoms with Crippen LogP contribution in [0.1, 0.15) is 24.5 Å². The molecule has 0 spiro atoms. The molecule has 0 unspecified atom stereocenters. The van der Waals surface area contributed by atoms with Gasteiger partial charge in [0.25, 0.3) is 0 Å². The van der Waals surface area contributed by atoms with Crippen LogP contribution in [0.15, 0.2) is 24.3 Å². The number of piperidine rings is 1. The summed E-state index contributed by atoms with van der Waals surface area (Å²) in [5, 5.41) is 12.0. The van der Waals surface area contributed by atoms with Gasteiger partial charge in [-0.25, -0.2) is 4.39 Å². The summed E-state index contributed by atoms with van der Waals surface area (Å²) < 4.78 is 14.3. The van der Waals surface area contributed by atoms with Gasteiger partial charge in [-0.3, -0.25) is 0 Å². The fraction of sp³-hybridized carbons (Fsp3) is 0.385. The first-order valence-corrected chi connectivity index (χ1v) is 5.98. The molecule has 0 saturated carbocycles. The molecule has 1 aromatic carbocycles. The number of hydrogen-bond acceptors (Lipinski definition) is 3. The maximum absolute atomic E-state index is 14.3. The number of nitrogens with one attached hydrogen (secondary N) is 1. The van der Waals surface area contributed by atoms with Crippen LogP contribution in [0.25, 0.3) is 10.9 Å². The van der Waals surface area contributed by atoms with Gasteiger partial charge in [0.15, 0.2) is 5.82 Å². The standard InChI is InChI=1S/C13H14FN3/c14-12-10-3-1-2-4-11(10)16-17-13(12)9-5-7-15-8-6-9/h1-4,9,15H,5-8H2. The van der Waals surface area contributed by atoms with Gasteiger partial charge < -0.3 is 5.32 Å². The SMILES string of the molecule is Fc1c(C2CCNCC2)nnc2ccccc12. The van der Waals surface area contributed by atoms with E-state index in [1.165, 1.54) is 0 Å². The van der Waals surface area contributed by atoms with E-state index in [1.54, 1.807) is 12.1 Å². The van der Waals surface area contributed by atoms with E-state index in [0.29, 0.717) is 16.6 Å². The molecule has 4 heteroatoms. The minimum absolute atomic E-state index is 0.192. The highest BCUT2D eigenvalue weighted by molar-refractivity contribution is 5.78. The van der Waals surface area contributed by atoms with Gasteiger partial charge in [-0.05, 0) is 38.1 Å². The molecule has 1 aliphatic heterocycles. The van der Waals surface area contributed by atoms with Gasteiger partial charge in [-0.2, -0.15) is 10.2 Å². The third-order valence-corrected chi connectivity index (χ3v) is 3.36. The normalized spacial score (nSPS) is 17.5. The van der Waals surface area contributed by atoms with Crippen molar-refractivity contribution in [2.45, 2.75) is 18.8 Å². The fourth-order valence-corrected chi connectivity index (χ4v) is 2.39. The summed E-state index contributed by atoms with van der Waals surface area (Å²) in [5.41, 5.74) is 1.16. The summed E-state index contributed by atoms with van der Waals surface area (Å²) in [5.74, 6) is 0.0101. The Balaban J connectivity index is 2.07. The van der Waals surface area contributed by atoms with Gasteiger partial charge in [-0.1, -0.05) is 12.1 Å². The molecular weight excluding hydrogens is 217 g/mol. The predicted molar refractivity (Wildman–Crippen MR) is 64.3 cm³/mol. The summed E-state index contributed by atoms with van der Waals surface area (Å²) in [6, 6.07) is 7.24. The monoisotopic (exact) mass is 231 g/mol. The maximum atomic E-state index is 14.3. The molecule has 0 bridgehead atoms. The number of fused-ring (bicyclic) bond motifs is 1. The molecule has 1 fully saturated rings. The Bertz CT molecular complexity index is 535. The second kappa shape index (κ2) is 4.37. The lowest BCUT2D eigenvalue weighted by molar-refractivity contribution is 0.434. The van der Waals surface area contributed by atoms with Gasteiger partial charge >= 0.3 is 0 Å².